The first-order valence-corrected chi connectivity index (χ1v) is 11.0. The summed E-state index contributed by atoms with van der Waals surface area (Å²) in [5.41, 5.74) is 11.0. The number of anilines is 1. The summed E-state index contributed by atoms with van der Waals surface area (Å²) < 4.78 is 5.48. The van der Waals surface area contributed by atoms with Gasteiger partial charge >= 0.3 is 0 Å². The molecule has 0 unspecified atom stereocenters. The number of pyridine rings is 2. The first kappa shape index (κ1) is 20.9. The topological polar surface area (TPSA) is 109 Å². The molecule has 1 aromatic carbocycles. The van der Waals surface area contributed by atoms with Crippen molar-refractivity contribution in [3.63, 3.8) is 0 Å². The molecule has 1 atom stereocenters. The van der Waals surface area contributed by atoms with Crippen molar-refractivity contribution in [1.29, 1.82) is 10.5 Å². The van der Waals surface area contributed by atoms with Crippen LogP contribution in [0, 0.1) is 29.6 Å². The molecule has 1 aliphatic rings. The van der Waals surface area contributed by atoms with Gasteiger partial charge in [-0.05, 0) is 36.6 Å². The van der Waals surface area contributed by atoms with Gasteiger partial charge in [0, 0.05) is 29.5 Å². The van der Waals surface area contributed by atoms with Gasteiger partial charge in [0.1, 0.15) is 28.5 Å². The fourth-order valence-corrected chi connectivity index (χ4v) is 4.63. The number of hydrogen-bond acceptors (Lipinski definition) is 7. The van der Waals surface area contributed by atoms with E-state index in [2.05, 4.69) is 22.1 Å². The van der Waals surface area contributed by atoms with E-state index in [0.717, 1.165) is 36.6 Å². The Labute approximate surface area is 185 Å². The molecule has 1 aliphatic heterocycles. The number of aryl methyl sites for hydroxylation is 1. The predicted octanol–water partition coefficient (Wildman–Crippen LogP) is 4.57. The van der Waals surface area contributed by atoms with Gasteiger partial charge in [0.15, 0.2) is 0 Å². The Morgan fingerprint density at radius 2 is 1.87 bits per heavy atom. The molecule has 3 aromatic rings. The molecule has 31 heavy (non-hydrogen) atoms. The largest absolute Gasteiger partial charge is 0.383 e. The van der Waals surface area contributed by atoms with E-state index in [4.69, 9.17) is 10.5 Å². The van der Waals surface area contributed by atoms with Gasteiger partial charge in [-0.25, -0.2) is 4.98 Å². The minimum Gasteiger partial charge on any atom is -0.383 e. The van der Waals surface area contributed by atoms with Crippen molar-refractivity contribution >= 4 is 17.6 Å². The van der Waals surface area contributed by atoms with E-state index in [0.29, 0.717) is 27.8 Å². The highest BCUT2D eigenvalue weighted by atomic mass is 32.2. The maximum absolute atomic E-state index is 9.95. The molecule has 7 heteroatoms. The van der Waals surface area contributed by atoms with Crippen molar-refractivity contribution in [3.8, 4) is 23.3 Å². The zero-order valence-electron chi connectivity index (χ0n) is 17.1. The summed E-state index contributed by atoms with van der Waals surface area (Å²) in [6.07, 6.45) is 1.00. The zero-order chi connectivity index (χ0) is 21.8. The van der Waals surface area contributed by atoms with Gasteiger partial charge in [-0.3, -0.25) is 4.98 Å². The number of ether oxygens (including phenoxy) is 1. The highest BCUT2D eigenvalue weighted by Crippen LogP contribution is 2.37. The molecule has 2 N–H and O–H groups in total. The average molecular weight is 428 g/mol. The lowest BCUT2D eigenvalue weighted by atomic mass is 9.93. The second kappa shape index (κ2) is 9.18. The van der Waals surface area contributed by atoms with Crippen LogP contribution in [0.25, 0.3) is 11.1 Å². The van der Waals surface area contributed by atoms with E-state index in [1.54, 1.807) is 0 Å². The van der Waals surface area contributed by atoms with Crippen molar-refractivity contribution < 1.29 is 4.74 Å². The van der Waals surface area contributed by atoms with Crippen molar-refractivity contribution in [1.82, 2.24) is 9.97 Å². The van der Waals surface area contributed by atoms with Crippen LogP contribution in [-0.4, -0.2) is 23.2 Å². The minimum atomic E-state index is 0.129. The monoisotopic (exact) mass is 427 g/mol. The normalized spacial score (nSPS) is 15.4. The summed E-state index contributed by atoms with van der Waals surface area (Å²) in [6.45, 7) is 3.44. The van der Waals surface area contributed by atoms with Crippen LogP contribution in [0.4, 0.5) is 5.82 Å². The second-order valence-electron chi connectivity index (χ2n) is 7.39. The van der Waals surface area contributed by atoms with Crippen LogP contribution in [0.1, 0.15) is 40.4 Å². The molecule has 0 aliphatic carbocycles. The molecule has 1 fully saturated rings. The SMILES string of the molecule is Cc1cccc(CSc2nc(N)c(C#N)c(-c3ccc([C@@H]4CCOC4)cc3)c2C#N)n1. The molecular weight excluding hydrogens is 406 g/mol. The van der Waals surface area contributed by atoms with Crippen molar-refractivity contribution in [2.75, 3.05) is 18.9 Å². The first-order valence-electron chi connectivity index (χ1n) is 9.97. The molecule has 3 heterocycles. The van der Waals surface area contributed by atoms with E-state index in [9.17, 15) is 10.5 Å². The molecule has 6 nitrogen and oxygen atoms in total. The van der Waals surface area contributed by atoms with E-state index in [1.165, 1.54) is 17.3 Å². The first-order chi connectivity index (χ1) is 15.1. The van der Waals surface area contributed by atoms with Crippen LogP contribution in [0.2, 0.25) is 0 Å². The Morgan fingerprint density at radius 3 is 2.52 bits per heavy atom. The lowest BCUT2D eigenvalue weighted by Gasteiger charge is -2.14. The van der Waals surface area contributed by atoms with Gasteiger partial charge in [0.25, 0.3) is 0 Å². The van der Waals surface area contributed by atoms with Crippen molar-refractivity contribution in [3.05, 3.63) is 70.5 Å². The second-order valence-corrected chi connectivity index (χ2v) is 8.36. The lowest BCUT2D eigenvalue weighted by Crippen LogP contribution is -2.04. The van der Waals surface area contributed by atoms with Gasteiger partial charge < -0.3 is 10.5 Å². The number of nitrogens with zero attached hydrogens (tertiary/aromatic N) is 4. The van der Waals surface area contributed by atoms with Gasteiger partial charge in [-0.1, -0.05) is 42.1 Å². The van der Waals surface area contributed by atoms with Crippen LogP contribution in [0.5, 0.6) is 0 Å². The van der Waals surface area contributed by atoms with Crippen LogP contribution in [0.15, 0.2) is 47.5 Å². The maximum Gasteiger partial charge on any atom is 0.143 e. The zero-order valence-corrected chi connectivity index (χ0v) is 17.9. The smallest absolute Gasteiger partial charge is 0.143 e. The average Bonchev–Trinajstić information content (AvgIpc) is 3.32. The van der Waals surface area contributed by atoms with E-state index in [-0.39, 0.29) is 11.4 Å². The third-order valence-corrected chi connectivity index (χ3v) is 6.33. The highest BCUT2D eigenvalue weighted by molar-refractivity contribution is 7.98. The van der Waals surface area contributed by atoms with Gasteiger partial charge in [0.05, 0.1) is 17.9 Å². The van der Waals surface area contributed by atoms with E-state index >= 15 is 0 Å². The van der Waals surface area contributed by atoms with Crippen LogP contribution in [-0.2, 0) is 10.5 Å². The molecule has 2 aromatic heterocycles. The molecular formula is C24H21N5OS. The summed E-state index contributed by atoms with van der Waals surface area (Å²) in [7, 11) is 0. The van der Waals surface area contributed by atoms with Crippen LogP contribution >= 0.6 is 11.8 Å². The Bertz CT molecular complexity index is 1190. The molecule has 0 spiro atoms. The third kappa shape index (κ3) is 4.39. The fourth-order valence-electron chi connectivity index (χ4n) is 3.73. The highest BCUT2D eigenvalue weighted by Gasteiger charge is 2.22. The molecule has 0 amide bonds. The number of rotatable bonds is 5. The Hall–Kier alpha value is -3.39. The Kier molecular flexibility index (Phi) is 6.18. The van der Waals surface area contributed by atoms with Crippen molar-refractivity contribution in [2.45, 2.75) is 30.0 Å². The maximum atomic E-state index is 9.95. The summed E-state index contributed by atoms with van der Waals surface area (Å²) in [5, 5.41) is 20.2. The van der Waals surface area contributed by atoms with Gasteiger partial charge in [0.2, 0.25) is 0 Å². The van der Waals surface area contributed by atoms with E-state index < -0.39 is 0 Å². The Balaban J connectivity index is 1.72. The minimum absolute atomic E-state index is 0.129. The number of thioether (sulfide) groups is 1. The molecule has 0 bridgehead atoms. The standard InChI is InChI=1S/C24H21N5OS/c1-15-3-2-4-19(28-15)14-31-24-21(12-26)22(20(11-25)23(27)29-24)17-7-5-16(6-8-17)18-9-10-30-13-18/h2-8,18H,9-10,13-14H2,1H3,(H2,27,29)/t18-/m1/s1. The fraction of sp³-hybridized carbons (Fsp3) is 0.250. The number of hydrogen-bond donors (Lipinski definition) is 1. The molecule has 4 rings (SSSR count). The molecule has 154 valence electrons. The number of aromatic nitrogens is 2. The van der Waals surface area contributed by atoms with Crippen LogP contribution in [0.3, 0.4) is 0 Å². The summed E-state index contributed by atoms with van der Waals surface area (Å²) in [5.74, 6) is 1.06. The molecule has 1 saturated heterocycles. The number of benzene rings is 1. The quantitative estimate of drug-likeness (QED) is 0.594. The lowest BCUT2D eigenvalue weighted by molar-refractivity contribution is 0.194. The van der Waals surface area contributed by atoms with Crippen molar-refractivity contribution in [2.24, 2.45) is 0 Å². The van der Waals surface area contributed by atoms with Gasteiger partial charge in [-0.15, -0.1) is 0 Å². The Morgan fingerprint density at radius 1 is 1.10 bits per heavy atom. The number of nitrogen functional groups attached to an aromatic ring is 1. The predicted molar refractivity (Wildman–Crippen MR) is 120 cm³/mol. The number of nitrogens with two attached hydrogens (primary N) is 1. The summed E-state index contributed by atoms with van der Waals surface area (Å²) >= 11 is 1.40. The molecule has 0 radical (unpaired) electrons. The third-order valence-electron chi connectivity index (χ3n) is 5.32. The summed E-state index contributed by atoms with van der Waals surface area (Å²) in [4.78, 5) is 8.87. The van der Waals surface area contributed by atoms with Crippen LogP contribution < -0.4 is 5.73 Å². The number of nitriles is 2. The molecule has 0 saturated carbocycles. The van der Waals surface area contributed by atoms with E-state index in [1.807, 2.05) is 49.4 Å². The summed E-state index contributed by atoms with van der Waals surface area (Å²) in [6, 6.07) is 18.2. The van der Waals surface area contributed by atoms with Gasteiger partial charge in [-0.2, -0.15) is 10.5 Å².